The maximum Gasteiger partial charge on any atom is 0.382 e. The van der Waals surface area contributed by atoms with Crippen LogP contribution < -0.4 is 10.8 Å². The van der Waals surface area contributed by atoms with Crippen LogP contribution in [0.15, 0.2) is 36.7 Å². The van der Waals surface area contributed by atoms with Crippen LogP contribution in [0, 0.1) is 5.82 Å². The number of hydrogen-bond donors (Lipinski definition) is 1. The van der Waals surface area contributed by atoms with Crippen molar-refractivity contribution in [2.75, 3.05) is 19.8 Å². The molecule has 14 heteroatoms. The Morgan fingerprint density at radius 3 is 2.68 bits per heavy atom. The quantitative estimate of drug-likeness (QED) is 0.372. The second-order valence-electron chi connectivity index (χ2n) is 8.53. The first-order valence-corrected chi connectivity index (χ1v) is 13.9. The Kier molecular flexibility index (Phi) is 8.77. The molecule has 1 aromatic carbocycles. The molecule has 0 spiro atoms. The number of hydrogen-bond acceptors (Lipinski definition) is 7. The summed E-state index contributed by atoms with van der Waals surface area (Å²) in [7, 11) is -3.80. The number of pyridine rings is 1. The number of amides is 2. The number of alkyl halides is 1. The number of benzene rings is 1. The van der Waals surface area contributed by atoms with E-state index in [2.05, 4.69) is 15.4 Å². The minimum Gasteiger partial charge on any atom is -0.350 e. The van der Waals surface area contributed by atoms with Gasteiger partial charge in [0, 0.05) is 30.1 Å². The van der Waals surface area contributed by atoms with E-state index in [4.69, 9.17) is 20.6 Å². The fourth-order valence-electron chi connectivity index (χ4n) is 4.34. The summed E-state index contributed by atoms with van der Waals surface area (Å²) in [5, 5.41) is 7.26. The SMILES string of the molecule is CCOP(=O)(OCC)c1nn(CC(=O)N2CC(F)CC2C(=O)NCc2cccc(Cl)c2F)c2cnccc12. The van der Waals surface area contributed by atoms with Gasteiger partial charge in [0.2, 0.25) is 11.8 Å². The van der Waals surface area contributed by atoms with Crippen molar-refractivity contribution in [1.29, 1.82) is 0 Å². The van der Waals surface area contributed by atoms with Crippen LogP contribution in [0.4, 0.5) is 8.78 Å². The first-order valence-electron chi connectivity index (χ1n) is 12.0. The van der Waals surface area contributed by atoms with Gasteiger partial charge < -0.3 is 19.3 Å². The number of carbonyl (C=O) groups is 2. The standard InChI is InChI=1S/C24H27ClF2N5O5P/c1-3-36-38(35,37-4-2)24-17-8-9-28-12-20(17)32(30-24)14-21(33)31-13-16(26)10-19(31)23(34)29-11-15-6-5-7-18(25)22(15)27/h5-9,12,16,19H,3-4,10-11,13-14H2,1-2H3,(H,29,34). The molecule has 0 radical (unpaired) electrons. The van der Waals surface area contributed by atoms with Crippen molar-refractivity contribution in [3.63, 3.8) is 0 Å². The highest BCUT2D eigenvalue weighted by Gasteiger charge is 2.40. The zero-order chi connectivity index (χ0) is 27.4. The van der Waals surface area contributed by atoms with Gasteiger partial charge in [0.25, 0.3) is 0 Å². The Labute approximate surface area is 222 Å². The van der Waals surface area contributed by atoms with Crippen molar-refractivity contribution < 1.29 is 32.0 Å². The normalized spacial score (nSPS) is 17.8. The van der Waals surface area contributed by atoms with Crippen LogP contribution in [0.25, 0.3) is 10.9 Å². The van der Waals surface area contributed by atoms with Crippen LogP contribution >= 0.6 is 19.2 Å². The van der Waals surface area contributed by atoms with Crippen LogP contribution in [0.5, 0.6) is 0 Å². The van der Waals surface area contributed by atoms with E-state index < -0.39 is 37.4 Å². The fourth-order valence-corrected chi connectivity index (χ4v) is 6.23. The Balaban J connectivity index is 1.55. The van der Waals surface area contributed by atoms with E-state index in [0.29, 0.717) is 10.9 Å². The summed E-state index contributed by atoms with van der Waals surface area (Å²) in [6.07, 6.45) is 1.32. The topological polar surface area (TPSA) is 116 Å². The van der Waals surface area contributed by atoms with Crippen molar-refractivity contribution >= 4 is 47.3 Å². The van der Waals surface area contributed by atoms with Crippen molar-refractivity contribution in [3.05, 3.63) is 53.1 Å². The molecule has 3 aromatic rings. The maximum atomic E-state index is 14.4. The lowest BCUT2D eigenvalue weighted by molar-refractivity contribution is -0.139. The van der Waals surface area contributed by atoms with Crippen molar-refractivity contribution in [1.82, 2.24) is 25.0 Å². The number of halogens is 3. The van der Waals surface area contributed by atoms with Gasteiger partial charge >= 0.3 is 7.60 Å². The number of carbonyl (C=O) groups excluding carboxylic acids is 2. The van der Waals surface area contributed by atoms with E-state index in [-0.39, 0.29) is 55.3 Å². The number of nitrogens with zero attached hydrogens (tertiary/aromatic N) is 4. The lowest BCUT2D eigenvalue weighted by atomic mass is 10.1. The predicted octanol–water partition coefficient (Wildman–Crippen LogP) is 3.37. The van der Waals surface area contributed by atoms with Crippen LogP contribution in [0.1, 0.15) is 25.8 Å². The molecule has 3 heterocycles. The van der Waals surface area contributed by atoms with Gasteiger partial charge in [-0.2, -0.15) is 5.10 Å². The summed E-state index contributed by atoms with van der Waals surface area (Å²) in [6.45, 7) is 2.71. The molecule has 2 unspecified atom stereocenters. The smallest absolute Gasteiger partial charge is 0.350 e. The second-order valence-corrected chi connectivity index (χ2v) is 10.9. The molecule has 1 fully saturated rings. The molecule has 0 saturated carbocycles. The highest BCUT2D eigenvalue weighted by atomic mass is 35.5. The number of rotatable bonds is 10. The molecule has 4 rings (SSSR count). The Morgan fingerprint density at radius 1 is 1.24 bits per heavy atom. The molecule has 1 N–H and O–H groups in total. The van der Waals surface area contributed by atoms with Gasteiger partial charge in [0.05, 0.1) is 36.5 Å². The Morgan fingerprint density at radius 2 is 1.97 bits per heavy atom. The molecule has 0 bridgehead atoms. The van der Waals surface area contributed by atoms with E-state index in [9.17, 15) is 22.9 Å². The average Bonchev–Trinajstić information content (AvgIpc) is 3.46. The predicted molar refractivity (Wildman–Crippen MR) is 136 cm³/mol. The third-order valence-electron chi connectivity index (χ3n) is 6.03. The molecule has 2 atom stereocenters. The zero-order valence-electron chi connectivity index (χ0n) is 20.8. The van der Waals surface area contributed by atoms with Crippen molar-refractivity contribution in [2.24, 2.45) is 0 Å². The van der Waals surface area contributed by atoms with Gasteiger partial charge in [-0.15, -0.1) is 0 Å². The van der Waals surface area contributed by atoms with E-state index >= 15 is 0 Å². The van der Waals surface area contributed by atoms with Gasteiger partial charge in [0.1, 0.15) is 24.6 Å². The minimum atomic E-state index is -3.80. The van der Waals surface area contributed by atoms with E-state index in [0.717, 1.165) is 4.90 Å². The summed E-state index contributed by atoms with van der Waals surface area (Å²) >= 11 is 5.79. The van der Waals surface area contributed by atoms with Gasteiger partial charge in [-0.05, 0) is 26.0 Å². The minimum absolute atomic E-state index is 0.0361. The molecule has 0 aliphatic carbocycles. The molecule has 1 aliphatic rings. The largest absolute Gasteiger partial charge is 0.382 e. The molecule has 1 aliphatic heterocycles. The van der Waals surface area contributed by atoms with Crippen LogP contribution in [-0.2, 0) is 36.3 Å². The third kappa shape index (κ3) is 5.73. The molecular formula is C24H27ClF2N5O5P. The third-order valence-corrected chi connectivity index (χ3v) is 8.37. The molecule has 2 aromatic heterocycles. The van der Waals surface area contributed by atoms with Crippen molar-refractivity contribution in [3.8, 4) is 0 Å². The number of fused-ring (bicyclic) bond motifs is 1. The summed E-state index contributed by atoms with van der Waals surface area (Å²) in [5.41, 5.74) is 0.590. The Hall–Kier alpha value is -2.92. The van der Waals surface area contributed by atoms with Crippen LogP contribution in [-0.4, -0.2) is 63.5 Å². The maximum absolute atomic E-state index is 14.4. The average molecular weight is 570 g/mol. The van der Waals surface area contributed by atoms with Crippen LogP contribution in [0.2, 0.25) is 5.02 Å². The number of aromatic nitrogens is 3. The Bertz CT molecular complexity index is 1380. The van der Waals surface area contributed by atoms with E-state index in [1.165, 1.54) is 29.2 Å². The highest BCUT2D eigenvalue weighted by molar-refractivity contribution is 7.62. The molecule has 2 amide bonds. The molecule has 38 heavy (non-hydrogen) atoms. The monoisotopic (exact) mass is 569 g/mol. The van der Waals surface area contributed by atoms with Gasteiger partial charge in [-0.25, -0.2) is 8.78 Å². The van der Waals surface area contributed by atoms with Gasteiger partial charge in [0.15, 0.2) is 5.44 Å². The van der Waals surface area contributed by atoms with Crippen LogP contribution in [0.3, 0.4) is 0 Å². The van der Waals surface area contributed by atoms with Crippen molar-refractivity contribution in [2.45, 2.75) is 45.6 Å². The first kappa shape index (κ1) is 28.1. The van der Waals surface area contributed by atoms with E-state index in [1.54, 1.807) is 26.0 Å². The highest BCUT2D eigenvalue weighted by Crippen LogP contribution is 2.48. The lowest BCUT2D eigenvalue weighted by Gasteiger charge is -2.24. The summed E-state index contributed by atoms with van der Waals surface area (Å²) in [5.74, 6) is -1.87. The number of nitrogens with one attached hydrogen (secondary N) is 1. The summed E-state index contributed by atoms with van der Waals surface area (Å²) in [6, 6.07) is 4.88. The molecular weight excluding hydrogens is 543 g/mol. The molecule has 204 valence electrons. The lowest BCUT2D eigenvalue weighted by Crippen LogP contribution is -2.47. The second kappa shape index (κ2) is 11.9. The fraction of sp³-hybridized carbons (Fsp3) is 0.417. The zero-order valence-corrected chi connectivity index (χ0v) is 22.4. The molecule has 1 saturated heterocycles. The van der Waals surface area contributed by atoms with Gasteiger partial charge in [-0.3, -0.25) is 23.8 Å². The number of likely N-dealkylation sites (tertiary alicyclic amines) is 1. The van der Waals surface area contributed by atoms with E-state index in [1.807, 2.05) is 0 Å². The first-order chi connectivity index (χ1) is 18.2. The molecule has 10 nitrogen and oxygen atoms in total. The summed E-state index contributed by atoms with van der Waals surface area (Å²) < 4.78 is 54.2. The summed E-state index contributed by atoms with van der Waals surface area (Å²) in [4.78, 5) is 31.4. The van der Waals surface area contributed by atoms with Gasteiger partial charge in [-0.1, -0.05) is 23.7 Å².